The van der Waals surface area contributed by atoms with Crippen LogP contribution in [0.15, 0.2) is 24.3 Å². The zero-order valence-corrected chi connectivity index (χ0v) is 19.5. The van der Waals surface area contributed by atoms with Gasteiger partial charge in [0, 0.05) is 12.2 Å². The third kappa shape index (κ3) is 16.0. The van der Waals surface area contributed by atoms with Gasteiger partial charge in [-0.15, -0.1) is 0 Å². The average molecular weight is 452 g/mol. The summed E-state index contributed by atoms with van der Waals surface area (Å²) in [5, 5.41) is 3.54. The van der Waals surface area contributed by atoms with E-state index in [9.17, 15) is 0 Å². The SMILES string of the molecule is CCCCCCCCCCNc1ccc(CCCC)cc1.[Cl-].[Cl-].[Zr+2]. The second kappa shape index (κ2) is 21.5. The summed E-state index contributed by atoms with van der Waals surface area (Å²) in [6, 6.07) is 9.00. The topological polar surface area (TPSA) is 12.0 Å². The van der Waals surface area contributed by atoms with Gasteiger partial charge >= 0.3 is 26.2 Å². The van der Waals surface area contributed by atoms with Gasteiger partial charge in [-0.2, -0.15) is 0 Å². The van der Waals surface area contributed by atoms with Crippen molar-refractivity contribution in [1.82, 2.24) is 0 Å². The molecule has 1 N–H and O–H groups in total. The predicted octanol–water partition coefficient (Wildman–Crippen LogP) is 0.587. The second-order valence-electron chi connectivity index (χ2n) is 6.20. The van der Waals surface area contributed by atoms with Crippen LogP contribution in [0.25, 0.3) is 0 Å². The molecule has 0 bridgehead atoms. The summed E-state index contributed by atoms with van der Waals surface area (Å²) in [5.41, 5.74) is 2.74. The Balaban J connectivity index is -0.00000147. The number of hydrogen-bond acceptors (Lipinski definition) is 1. The van der Waals surface area contributed by atoms with E-state index in [1.54, 1.807) is 0 Å². The Morgan fingerprint density at radius 3 is 1.71 bits per heavy atom. The fourth-order valence-corrected chi connectivity index (χ4v) is 2.66. The molecular weight excluding hydrogens is 416 g/mol. The van der Waals surface area contributed by atoms with Crippen LogP contribution in [0.4, 0.5) is 5.69 Å². The van der Waals surface area contributed by atoms with Crippen LogP contribution >= 0.6 is 0 Å². The van der Waals surface area contributed by atoms with Crippen LogP contribution in [0.2, 0.25) is 0 Å². The van der Waals surface area contributed by atoms with Crippen molar-refractivity contribution >= 4 is 5.69 Å². The largest absolute Gasteiger partial charge is 2.00 e. The molecule has 0 aliphatic carbocycles. The molecule has 0 aromatic heterocycles. The van der Waals surface area contributed by atoms with Gasteiger partial charge in [0.25, 0.3) is 0 Å². The van der Waals surface area contributed by atoms with E-state index in [1.807, 2.05) is 0 Å². The molecule has 0 saturated heterocycles. The number of halogens is 2. The van der Waals surface area contributed by atoms with Crippen LogP contribution < -0.4 is 30.1 Å². The molecule has 0 aliphatic heterocycles. The van der Waals surface area contributed by atoms with E-state index in [0.29, 0.717) is 0 Å². The summed E-state index contributed by atoms with van der Waals surface area (Å²) in [7, 11) is 0. The van der Waals surface area contributed by atoms with Crippen LogP contribution in [0.1, 0.15) is 83.6 Å². The number of aryl methyl sites for hydroxylation is 1. The normalized spacial score (nSPS) is 9.42. The summed E-state index contributed by atoms with van der Waals surface area (Å²) in [5.74, 6) is 0. The van der Waals surface area contributed by atoms with Gasteiger partial charge in [0.15, 0.2) is 0 Å². The first-order valence-corrected chi connectivity index (χ1v) is 9.19. The van der Waals surface area contributed by atoms with Gasteiger partial charge in [-0.05, 0) is 37.0 Å². The Hall–Kier alpha value is 0.483. The van der Waals surface area contributed by atoms with E-state index >= 15 is 0 Å². The summed E-state index contributed by atoms with van der Waals surface area (Å²) in [6.45, 7) is 5.64. The van der Waals surface area contributed by atoms with Crippen molar-refractivity contribution in [3.05, 3.63) is 29.8 Å². The molecule has 0 radical (unpaired) electrons. The number of rotatable bonds is 13. The van der Waals surface area contributed by atoms with Crippen LogP contribution in [0.5, 0.6) is 0 Å². The van der Waals surface area contributed by atoms with Crippen molar-refractivity contribution in [1.29, 1.82) is 0 Å². The number of hydrogen-bond donors (Lipinski definition) is 1. The van der Waals surface area contributed by atoms with E-state index < -0.39 is 0 Å². The van der Waals surface area contributed by atoms with E-state index in [4.69, 9.17) is 0 Å². The van der Waals surface area contributed by atoms with Gasteiger partial charge in [0.1, 0.15) is 0 Å². The quantitative estimate of drug-likeness (QED) is 0.433. The maximum atomic E-state index is 3.54. The molecular formula is C20H35Cl2NZr. The molecule has 1 rings (SSSR count). The molecule has 0 heterocycles. The second-order valence-corrected chi connectivity index (χ2v) is 6.20. The minimum Gasteiger partial charge on any atom is -1.00 e. The molecule has 1 nitrogen and oxygen atoms in total. The van der Waals surface area contributed by atoms with Crippen molar-refractivity contribution in [2.24, 2.45) is 0 Å². The van der Waals surface area contributed by atoms with Gasteiger partial charge in [0.2, 0.25) is 0 Å². The summed E-state index contributed by atoms with van der Waals surface area (Å²) >= 11 is 0. The van der Waals surface area contributed by atoms with Gasteiger partial charge in [0.05, 0.1) is 0 Å². The Kier molecular flexibility index (Phi) is 26.2. The van der Waals surface area contributed by atoms with Crippen LogP contribution in [-0.2, 0) is 32.6 Å². The molecule has 1 aromatic carbocycles. The fraction of sp³-hybridized carbons (Fsp3) is 0.700. The van der Waals surface area contributed by atoms with Gasteiger partial charge in [-0.1, -0.05) is 77.3 Å². The molecule has 0 unspecified atom stereocenters. The third-order valence-corrected chi connectivity index (χ3v) is 4.13. The monoisotopic (exact) mass is 449 g/mol. The first-order chi connectivity index (χ1) is 10.4. The molecule has 24 heavy (non-hydrogen) atoms. The predicted molar refractivity (Wildman–Crippen MR) is 96.2 cm³/mol. The Morgan fingerprint density at radius 2 is 1.17 bits per heavy atom. The molecule has 0 amide bonds. The fourth-order valence-electron chi connectivity index (χ4n) is 2.66. The maximum Gasteiger partial charge on any atom is 2.00 e. The maximum absolute atomic E-state index is 3.54. The molecule has 0 atom stereocenters. The number of benzene rings is 1. The molecule has 138 valence electrons. The van der Waals surface area contributed by atoms with Crippen molar-refractivity contribution in [3.8, 4) is 0 Å². The summed E-state index contributed by atoms with van der Waals surface area (Å²) in [4.78, 5) is 0. The van der Waals surface area contributed by atoms with E-state index in [1.165, 1.54) is 81.9 Å². The van der Waals surface area contributed by atoms with Crippen molar-refractivity contribution in [2.75, 3.05) is 11.9 Å². The van der Waals surface area contributed by atoms with E-state index in [2.05, 4.69) is 43.4 Å². The van der Waals surface area contributed by atoms with Gasteiger partial charge in [-0.25, -0.2) is 0 Å². The number of nitrogens with one attached hydrogen (secondary N) is 1. The number of anilines is 1. The molecule has 0 aliphatic rings. The Bertz CT molecular complexity index is 344. The molecule has 0 saturated carbocycles. The molecule has 0 fully saturated rings. The first-order valence-electron chi connectivity index (χ1n) is 9.19. The minimum atomic E-state index is 0. The van der Waals surface area contributed by atoms with Gasteiger partial charge < -0.3 is 30.1 Å². The van der Waals surface area contributed by atoms with E-state index in [-0.39, 0.29) is 51.0 Å². The summed E-state index contributed by atoms with van der Waals surface area (Å²) in [6.07, 6.45) is 14.9. The van der Waals surface area contributed by atoms with Gasteiger partial charge in [-0.3, -0.25) is 0 Å². The van der Waals surface area contributed by atoms with Crippen molar-refractivity contribution < 1.29 is 51.0 Å². The molecule has 0 spiro atoms. The third-order valence-electron chi connectivity index (χ3n) is 4.13. The standard InChI is InChI=1S/C20H35N.2ClH.Zr/c1-3-5-7-8-9-10-11-12-18-21-20-16-14-19(15-17-20)13-6-4-2;;;/h14-17,21H,3-13,18H2,1-2H3;2*1H;/q;;;+2/p-2. The van der Waals surface area contributed by atoms with Crippen LogP contribution in [0, 0.1) is 0 Å². The van der Waals surface area contributed by atoms with E-state index in [0.717, 1.165) is 6.54 Å². The zero-order chi connectivity index (χ0) is 15.2. The first kappa shape index (κ1) is 29.3. The van der Waals surface area contributed by atoms with Crippen LogP contribution in [0.3, 0.4) is 0 Å². The Labute approximate surface area is 182 Å². The molecule has 4 heteroatoms. The average Bonchev–Trinajstić information content (AvgIpc) is 2.52. The number of unbranched alkanes of at least 4 members (excludes halogenated alkanes) is 8. The summed E-state index contributed by atoms with van der Waals surface area (Å²) < 4.78 is 0. The van der Waals surface area contributed by atoms with Crippen LogP contribution in [-0.4, -0.2) is 6.54 Å². The van der Waals surface area contributed by atoms with Crippen molar-refractivity contribution in [2.45, 2.75) is 84.5 Å². The smallest absolute Gasteiger partial charge is 1.00 e. The molecule has 1 aromatic rings. The van der Waals surface area contributed by atoms with Crippen molar-refractivity contribution in [3.63, 3.8) is 0 Å². The minimum absolute atomic E-state index is 0. The Morgan fingerprint density at radius 1 is 0.667 bits per heavy atom. The zero-order valence-electron chi connectivity index (χ0n) is 15.6.